The first-order valence-corrected chi connectivity index (χ1v) is 5.12. The van der Waals surface area contributed by atoms with E-state index in [0.29, 0.717) is 12.8 Å². The fourth-order valence-electron chi connectivity index (χ4n) is 1.55. The van der Waals surface area contributed by atoms with Gasteiger partial charge in [0.1, 0.15) is 5.82 Å². The van der Waals surface area contributed by atoms with E-state index in [1.165, 1.54) is 12.1 Å². The monoisotopic (exact) mass is 212 g/mol. The Hall–Kier alpha value is -0.930. The molecule has 84 valence electrons. The van der Waals surface area contributed by atoms with Gasteiger partial charge in [0.05, 0.1) is 13.2 Å². The fraction of sp³-hybridized carbons (Fsp3) is 0.500. The van der Waals surface area contributed by atoms with Gasteiger partial charge < -0.3 is 10.2 Å². The highest BCUT2D eigenvalue weighted by atomic mass is 19.1. The third-order valence-electron chi connectivity index (χ3n) is 2.91. The van der Waals surface area contributed by atoms with Gasteiger partial charge in [-0.3, -0.25) is 0 Å². The predicted octanol–water partition coefficient (Wildman–Crippen LogP) is 1.75. The maximum atomic E-state index is 12.7. The largest absolute Gasteiger partial charge is 0.396 e. The lowest BCUT2D eigenvalue weighted by atomic mass is 9.81. The molecule has 0 bridgehead atoms. The Morgan fingerprint density at radius 2 is 1.67 bits per heavy atom. The van der Waals surface area contributed by atoms with Crippen molar-refractivity contribution in [1.82, 2.24) is 0 Å². The van der Waals surface area contributed by atoms with Crippen molar-refractivity contribution in [1.29, 1.82) is 0 Å². The Balaban J connectivity index is 2.78. The number of hydrogen-bond donors (Lipinski definition) is 2. The highest BCUT2D eigenvalue weighted by molar-refractivity contribution is 5.17. The number of aliphatic hydroxyl groups excluding tert-OH is 2. The van der Waals surface area contributed by atoms with E-state index in [1.54, 1.807) is 12.1 Å². The van der Waals surface area contributed by atoms with Crippen molar-refractivity contribution in [2.45, 2.75) is 19.8 Å². The molecule has 0 unspecified atom stereocenters. The topological polar surface area (TPSA) is 40.5 Å². The molecule has 0 saturated heterocycles. The second-order valence-electron chi connectivity index (χ2n) is 3.97. The summed E-state index contributed by atoms with van der Waals surface area (Å²) in [6.45, 7) is 1.81. The fourth-order valence-corrected chi connectivity index (χ4v) is 1.55. The van der Waals surface area contributed by atoms with E-state index >= 15 is 0 Å². The molecule has 0 spiro atoms. The van der Waals surface area contributed by atoms with Crippen LogP contribution in [0.5, 0.6) is 0 Å². The SMILES string of the molecule is CCC(CO)(CO)Cc1ccc(F)cc1. The molecule has 0 fully saturated rings. The molecular weight excluding hydrogens is 195 g/mol. The molecular formula is C12H17FO2. The summed E-state index contributed by atoms with van der Waals surface area (Å²) >= 11 is 0. The van der Waals surface area contributed by atoms with E-state index in [-0.39, 0.29) is 19.0 Å². The lowest BCUT2D eigenvalue weighted by molar-refractivity contribution is 0.0514. The molecule has 0 radical (unpaired) electrons. The maximum Gasteiger partial charge on any atom is 0.123 e. The van der Waals surface area contributed by atoms with Gasteiger partial charge in [0.2, 0.25) is 0 Å². The molecule has 0 aliphatic rings. The minimum absolute atomic E-state index is 0.0582. The smallest absolute Gasteiger partial charge is 0.123 e. The minimum atomic E-state index is -0.488. The van der Waals surface area contributed by atoms with E-state index in [4.69, 9.17) is 0 Å². The standard InChI is InChI=1S/C12H17FO2/c1-2-12(8-14,9-15)7-10-3-5-11(13)6-4-10/h3-6,14-15H,2,7-9H2,1H3. The van der Waals surface area contributed by atoms with Gasteiger partial charge in [-0.25, -0.2) is 4.39 Å². The average molecular weight is 212 g/mol. The summed E-state index contributed by atoms with van der Waals surface area (Å²) in [5, 5.41) is 18.5. The highest BCUT2D eigenvalue weighted by Gasteiger charge is 2.26. The predicted molar refractivity (Wildman–Crippen MR) is 57.0 cm³/mol. The number of halogens is 1. The molecule has 3 heteroatoms. The van der Waals surface area contributed by atoms with Crippen molar-refractivity contribution in [3.05, 3.63) is 35.6 Å². The summed E-state index contributed by atoms with van der Waals surface area (Å²) in [4.78, 5) is 0. The highest BCUT2D eigenvalue weighted by Crippen LogP contribution is 2.26. The molecule has 0 atom stereocenters. The lowest BCUT2D eigenvalue weighted by Crippen LogP contribution is -2.31. The van der Waals surface area contributed by atoms with E-state index in [0.717, 1.165) is 5.56 Å². The molecule has 1 rings (SSSR count). The normalized spacial score (nSPS) is 11.7. The Bertz CT molecular complexity index is 283. The van der Waals surface area contributed by atoms with Crippen LogP contribution in [0.15, 0.2) is 24.3 Å². The van der Waals surface area contributed by atoms with Crippen LogP contribution in [-0.4, -0.2) is 23.4 Å². The van der Waals surface area contributed by atoms with Gasteiger partial charge >= 0.3 is 0 Å². The van der Waals surface area contributed by atoms with Crippen LogP contribution in [0, 0.1) is 11.2 Å². The molecule has 1 aromatic carbocycles. The van der Waals surface area contributed by atoms with Crippen molar-refractivity contribution in [3.63, 3.8) is 0 Å². The molecule has 0 heterocycles. The first kappa shape index (κ1) is 12.1. The number of aliphatic hydroxyl groups is 2. The molecule has 0 aromatic heterocycles. The van der Waals surface area contributed by atoms with Crippen molar-refractivity contribution >= 4 is 0 Å². The zero-order valence-electron chi connectivity index (χ0n) is 8.91. The van der Waals surface area contributed by atoms with Crippen LogP contribution in [0.2, 0.25) is 0 Å². The zero-order valence-corrected chi connectivity index (χ0v) is 8.91. The molecule has 2 nitrogen and oxygen atoms in total. The van der Waals surface area contributed by atoms with Crippen LogP contribution in [-0.2, 0) is 6.42 Å². The van der Waals surface area contributed by atoms with Crippen molar-refractivity contribution in [2.24, 2.45) is 5.41 Å². The third kappa shape index (κ3) is 3.01. The number of rotatable bonds is 5. The van der Waals surface area contributed by atoms with Gasteiger partial charge in [0, 0.05) is 5.41 Å². The molecule has 1 aromatic rings. The van der Waals surface area contributed by atoms with Crippen molar-refractivity contribution in [3.8, 4) is 0 Å². The summed E-state index contributed by atoms with van der Waals surface area (Å²) in [5.41, 5.74) is 0.444. The van der Waals surface area contributed by atoms with Gasteiger partial charge in [-0.05, 0) is 30.5 Å². The number of benzene rings is 1. The number of hydrogen-bond acceptors (Lipinski definition) is 2. The van der Waals surface area contributed by atoms with Crippen LogP contribution in [0.3, 0.4) is 0 Å². The van der Waals surface area contributed by atoms with Crippen molar-refractivity contribution < 1.29 is 14.6 Å². The lowest BCUT2D eigenvalue weighted by Gasteiger charge is -2.28. The molecule has 0 saturated carbocycles. The van der Waals surface area contributed by atoms with E-state index < -0.39 is 5.41 Å². The third-order valence-corrected chi connectivity index (χ3v) is 2.91. The summed E-state index contributed by atoms with van der Waals surface area (Å²) in [7, 11) is 0. The van der Waals surface area contributed by atoms with Crippen LogP contribution in [0.4, 0.5) is 4.39 Å². The second-order valence-corrected chi connectivity index (χ2v) is 3.97. The summed E-state index contributed by atoms with van der Waals surface area (Å²) in [6, 6.07) is 6.16. The van der Waals surface area contributed by atoms with Gasteiger partial charge in [-0.15, -0.1) is 0 Å². The second kappa shape index (κ2) is 5.24. The molecule has 0 aliphatic carbocycles. The summed E-state index contributed by atoms with van der Waals surface area (Å²) < 4.78 is 12.7. The summed E-state index contributed by atoms with van der Waals surface area (Å²) in [5.74, 6) is -0.270. The van der Waals surface area contributed by atoms with E-state index in [9.17, 15) is 14.6 Å². The van der Waals surface area contributed by atoms with Crippen LogP contribution < -0.4 is 0 Å². The van der Waals surface area contributed by atoms with Gasteiger partial charge in [0.15, 0.2) is 0 Å². The van der Waals surface area contributed by atoms with Gasteiger partial charge in [-0.2, -0.15) is 0 Å². The van der Waals surface area contributed by atoms with Crippen molar-refractivity contribution in [2.75, 3.05) is 13.2 Å². The molecule has 2 N–H and O–H groups in total. The quantitative estimate of drug-likeness (QED) is 0.780. The molecule has 0 aliphatic heterocycles. The zero-order chi connectivity index (χ0) is 11.3. The Labute approximate surface area is 89.4 Å². The first-order valence-electron chi connectivity index (χ1n) is 5.12. The van der Waals surface area contributed by atoms with E-state index in [2.05, 4.69) is 0 Å². The maximum absolute atomic E-state index is 12.7. The van der Waals surface area contributed by atoms with Gasteiger partial charge in [-0.1, -0.05) is 19.1 Å². The van der Waals surface area contributed by atoms with Crippen LogP contribution in [0.25, 0.3) is 0 Å². The first-order chi connectivity index (χ1) is 7.15. The van der Waals surface area contributed by atoms with Gasteiger partial charge in [0.25, 0.3) is 0 Å². The van der Waals surface area contributed by atoms with Crippen LogP contribution >= 0.6 is 0 Å². The van der Waals surface area contributed by atoms with Crippen LogP contribution in [0.1, 0.15) is 18.9 Å². The average Bonchev–Trinajstić information content (AvgIpc) is 2.29. The Morgan fingerprint density at radius 3 is 2.07 bits per heavy atom. The minimum Gasteiger partial charge on any atom is -0.396 e. The Kier molecular flexibility index (Phi) is 4.24. The summed E-state index contributed by atoms with van der Waals surface area (Å²) in [6.07, 6.45) is 1.26. The molecule has 15 heavy (non-hydrogen) atoms. The molecule has 0 amide bonds. The Morgan fingerprint density at radius 1 is 1.13 bits per heavy atom. The van der Waals surface area contributed by atoms with E-state index in [1.807, 2.05) is 6.92 Å².